The van der Waals surface area contributed by atoms with Crippen molar-refractivity contribution in [1.29, 1.82) is 0 Å². The van der Waals surface area contributed by atoms with Gasteiger partial charge < -0.3 is 149 Å². The van der Waals surface area contributed by atoms with Crippen LogP contribution < -0.4 is 0 Å². The second-order valence-corrected chi connectivity index (χ2v) is 31.6. The lowest BCUT2D eigenvalue weighted by atomic mass is 9.33. The molecule has 31 heteroatoms. The van der Waals surface area contributed by atoms with Gasteiger partial charge >= 0.3 is 5.97 Å². The normalized spacial score (nSPS) is 54.9. The molecule has 18 N–H and O–H groups in total. The van der Waals surface area contributed by atoms with Gasteiger partial charge in [-0.2, -0.15) is 0 Å². The number of ether oxygens (including phenoxy) is 12. The fourth-order valence-electron chi connectivity index (χ4n) is 19.1. The van der Waals surface area contributed by atoms with E-state index in [1.807, 2.05) is 13.8 Å². The molecule has 0 aromatic rings. The number of aliphatic hydroxyl groups is 18. The molecule has 6 heterocycles. The van der Waals surface area contributed by atoms with Gasteiger partial charge in [-0.05, 0) is 116 Å². The number of allylic oxidation sites excluding steroid dienone is 2. The number of fused-ring (bicyclic) bond motifs is 7. The first-order valence-corrected chi connectivity index (χ1v) is 34.1. The summed E-state index contributed by atoms with van der Waals surface area (Å²) in [6, 6.07) is 0. The summed E-state index contributed by atoms with van der Waals surface area (Å²) >= 11 is 0. The Labute approximate surface area is 556 Å². The van der Waals surface area contributed by atoms with Crippen LogP contribution in [0.25, 0.3) is 0 Å². The minimum Gasteiger partial charge on any atom is -0.432 e. The van der Waals surface area contributed by atoms with Crippen molar-refractivity contribution in [2.75, 3.05) is 26.4 Å². The SMILES string of the molecule is CC1OC(OC2C(CO)OC(OCC3OC(OC(=O)C45CCC(C)(C)CC4C4=CCC6C7(C)CC(O)C(OC8OCC(OC9OC(CO)C(O)C(O)C9O)C(O)C8OC8OC(C)C(O)C(O)C8O)C(C)(C)C7CCC6(C)C4(C)CC5)C(O)C(O)C3O)C(O)C2O)C(O)C(O)C1O. The fraction of sp³-hybridized carbons (Fsp3) is 0.954. The van der Waals surface area contributed by atoms with Crippen molar-refractivity contribution < 1.29 is 154 Å². The van der Waals surface area contributed by atoms with Crippen LogP contribution >= 0.6 is 0 Å². The molecule has 0 aromatic carbocycles. The van der Waals surface area contributed by atoms with Crippen molar-refractivity contribution >= 4 is 5.97 Å². The van der Waals surface area contributed by atoms with Gasteiger partial charge in [0, 0.05) is 0 Å². The largest absolute Gasteiger partial charge is 0.432 e. The maximum absolute atomic E-state index is 15.3. The summed E-state index contributed by atoms with van der Waals surface area (Å²) in [5.74, 6) is -1.14. The van der Waals surface area contributed by atoms with Crippen LogP contribution in [0.5, 0.6) is 0 Å². The van der Waals surface area contributed by atoms with E-state index < -0.39 is 250 Å². The fourth-order valence-corrected chi connectivity index (χ4v) is 19.1. The maximum Gasteiger partial charge on any atom is 0.315 e. The van der Waals surface area contributed by atoms with Gasteiger partial charge in [-0.1, -0.05) is 60.1 Å². The highest BCUT2D eigenvalue weighted by Crippen LogP contribution is 2.76. The van der Waals surface area contributed by atoms with Crippen molar-refractivity contribution in [3.63, 3.8) is 0 Å². The second kappa shape index (κ2) is 27.9. The lowest BCUT2D eigenvalue weighted by Gasteiger charge is -2.71. The van der Waals surface area contributed by atoms with Crippen molar-refractivity contribution in [3.8, 4) is 0 Å². The molecule has 11 rings (SSSR count). The molecular weight excluding hydrogens is 1280 g/mol. The first-order chi connectivity index (χ1) is 44.9. The Hall–Kier alpha value is -1.95. The third kappa shape index (κ3) is 12.8. The molecule has 10 fully saturated rings. The highest BCUT2D eigenvalue weighted by Gasteiger charge is 2.71. The average Bonchev–Trinajstić information content (AvgIpc) is 0.674. The van der Waals surface area contributed by atoms with Gasteiger partial charge in [0.1, 0.15) is 128 Å². The van der Waals surface area contributed by atoms with Gasteiger partial charge in [-0.15, -0.1) is 0 Å². The van der Waals surface area contributed by atoms with E-state index in [4.69, 9.17) is 56.8 Å². The van der Waals surface area contributed by atoms with Gasteiger partial charge in [0.2, 0.25) is 6.29 Å². The zero-order chi connectivity index (χ0) is 70.2. The van der Waals surface area contributed by atoms with Crippen molar-refractivity contribution in [3.05, 3.63) is 11.6 Å². The first-order valence-electron chi connectivity index (χ1n) is 34.1. The molecule has 0 spiro atoms. The molecule has 11 aliphatic rings. The van der Waals surface area contributed by atoms with E-state index in [9.17, 15) is 91.9 Å². The van der Waals surface area contributed by atoms with E-state index in [0.717, 1.165) is 12.0 Å². The summed E-state index contributed by atoms with van der Waals surface area (Å²) in [5, 5.41) is 197. The van der Waals surface area contributed by atoms with Crippen LogP contribution in [0.2, 0.25) is 0 Å². The summed E-state index contributed by atoms with van der Waals surface area (Å²) in [6.07, 6.45) is -42.7. The summed E-state index contributed by atoms with van der Waals surface area (Å²) < 4.78 is 71.7. The summed E-state index contributed by atoms with van der Waals surface area (Å²) in [6.45, 7) is 15.3. The van der Waals surface area contributed by atoms with Crippen LogP contribution in [-0.4, -0.2) is 315 Å². The Kier molecular flexibility index (Phi) is 21.9. The molecule has 0 amide bonds. The van der Waals surface area contributed by atoms with E-state index in [1.54, 1.807) is 0 Å². The van der Waals surface area contributed by atoms with Gasteiger partial charge in [-0.25, -0.2) is 0 Å². The first kappa shape index (κ1) is 75.2. The molecule has 0 bridgehead atoms. The monoisotopic (exact) mass is 1380 g/mol. The molecule has 5 aliphatic carbocycles. The van der Waals surface area contributed by atoms with Crippen LogP contribution in [0.4, 0.5) is 0 Å². The molecule has 6 aliphatic heterocycles. The molecular formula is C65H106O31. The van der Waals surface area contributed by atoms with Crippen LogP contribution in [0.15, 0.2) is 11.6 Å². The summed E-state index contributed by atoms with van der Waals surface area (Å²) in [4.78, 5) is 15.3. The lowest BCUT2D eigenvalue weighted by molar-refractivity contribution is -0.384. The van der Waals surface area contributed by atoms with Crippen molar-refractivity contribution in [2.45, 2.75) is 310 Å². The molecule has 0 aromatic heterocycles. The van der Waals surface area contributed by atoms with Crippen molar-refractivity contribution in [2.24, 2.45) is 50.2 Å². The lowest BCUT2D eigenvalue weighted by Crippen LogP contribution is -2.68. The third-order valence-electron chi connectivity index (χ3n) is 25.1. The number of esters is 1. The zero-order valence-electron chi connectivity index (χ0n) is 55.8. The van der Waals surface area contributed by atoms with Gasteiger partial charge in [0.05, 0.1) is 56.3 Å². The Balaban J connectivity index is 0.788. The maximum atomic E-state index is 15.3. The number of aliphatic hydroxyl groups excluding tert-OH is 18. The number of hydrogen-bond acceptors (Lipinski definition) is 31. The topological polar surface area (TPSA) is 492 Å². The van der Waals surface area contributed by atoms with E-state index >= 15 is 4.79 Å². The standard InChI is InChI=1S/C65H106O31/c1-24-35(69)40(74)45(79)54(87-24)93-50-30(21-67)90-53(49(83)44(50)78)85-22-31-38(72)43(77)48(82)57(91-31)96-59(84)65-16-14-60(3,4)18-27(65)26-10-11-34-62(7)19-28(68)52(61(5,6)33(62)12-13-64(34,9)63(26,8)15-17-65)95-58-51(94-55-46(80)41(75)36(70)25(2)88-55)39(73)32(23-86-58)92-56-47(81)42(76)37(71)29(20-66)89-56/h10,24-25,27-58,66-83H,11-23H2,1-9H3. The van der Waals surface area contributed by atoms with Crippen LogP contribution in [0, 0.1) is 50.2 Å². The Morgan fingerprint density at radius 2 is 1.02 bits per heavy atom. The quantitative estimate of drug-likeness (QED) is 0.0416. The van der Waals surface area contributed by atoms with E-state index in [-0.39, 0.29) is 29.6 Å². The number of carbonyl (C=O) groups is 1. The van der Waals surface area contributed by atoms with E-state index in [0.29, 0.717) is 44.9 Å². The minimum absolute atomic E-state index is 0.0215. The summed E-state index contributed by atoms with van der Waals surface area (Å²) in [7, 11) is 0. The number of rotatable bonds is 15. The predicted octanol–water partition coefficient (Wildman–Crippen LogP) is -4.72. The molecule has 552 valence electrons. The minimum atomic E-state index is -1.93. The molecule has 31 nitrogen and oxygen atoms in total. The predicted molar refractivity (Wildman–Crippen MR) is 321 cm³/mol. The van der Waals surface area contributed by atoms with Crippen LogP contribution in [0.1, 0.15) is 120 Å². The summed E-state index contributed by atoms with van der Waals surface area (Å²) in [5.41, 5.74) is -2.50. The van der Waals surface area contributed by atoms with Crippen LogP contribution in [0.3, 0.4) is 0 Å². The number of hydrogen-bond donors (Lipinski definition) is 18. The highest BCUT2D eigenvalue weighted by atomic mass is 16.8. The van der Waals surface area contributed by atoms with Crippen molar-refractivity contribution in [1.82, 2.24) is 0 Å². The molecule has 4 saturated carbocycles. The Morgan fingerprint density at radius 1 is 0.500 bits per heavy atom. The molecule has 0 radical (unpaired) electrons. The highest BCUT2D eigenvalue weighted by molar-refractivity contribution is 5.79. The third-order valence-corrected chi connectivity index (χ3v) is 25.1. The molecule has 6 saturated heterocycles. The Morgan fingerprint density at radius 3 is 1.62 bits per heavy atom. The second-order valence-electron chi connectivity index (χ2n) is 31.6. The molecule has 38 atom stereocenters. The van der Waals surface area contributed by atoms with Gasteiger partial charge in [0.15, 0.2) is 31.5 Å². The van der Waals surface area contributed by atoms with E-state index in [1.165, 1.54) is 13.8 Å². The van der Waals surface area contributed by atoms with Gasteiger partial charge in [0.25, 0.3) is 0 Å². The number of carbonyl (C=O) groups excluding carboxylic acids is 1. The smallest absolute Gasteiger partial charge is 0.315 e. The van der Waals surface area contributed by atoms with Crippen LogP contribution in [-0.2, 0) is 61.6 Å². The molecule has 38 unspecified atom stereocenters. The Bertz CT molecular complexity index is 2710. The van der Waals surface area contributed by atoms with E-state index in [2.05, 4.69) is 40.7 Å². The molecule has 96 heavy (non-hydrogen) atoms. The van der Waals surface area contributed by atoms with Gasteiger partial charge in [-0.3, -0.25) is 4.79 Å². The average molecular weight is 1380 g/mol. The zero-order valence-corrected chi connectivity index (χ0v) is 55.8.